The van der Waals surface area contributed by atoms with Gasteiger partial charge in [0.1, 0.15) is 23.9 Å². The molecule has 14 nitrogen and oxygen atoms in total. The second-order valence-electron chi connectivity index (χ2n) is 9.17. The highest BCUT2D eigenvalue weighted by molar-refractivity contribution is 5.94. The number of benzene rings is 1. The Bertz CT molecular complexity index is 1030. The molecule has 0 heterocycles. The van der Waals surface area contributed by atoms with Gasteiger partial charge in [0.15, 0.2) is 0 Å². The molecular weight excluding hydrogens is 516 g/mol. The van der Waals surface area contributed by atoms with E-state index in [9.17, 15) is 39.0 Å². The highest BCUT2D eigenvalue weighted by Crippen LogP contribution is 2.13. The summed E-state index contributed by atoms with van der Waals surface area (Å²) in [5.74, 6) is -6.83. The zero-order valence-electron chi connectivity index (χ0n) is 21.8. The minimum Gasteiger partial charge on any atom is -0.508 e. The highest BCUT2D eigenvalue weighted by atomic mass is 16.4. The zero-order valence-corrected chi connectivity index (χ0v) is 21.8. The lowest BCUT2D eigenvalue weighted by molar-refractivity contribution is -0.144. The number of carboxylic acid groups (broad SMARTS) is 3. The van der Waals surface area contributed by atoms with Crippen LogP contribution in [0.15, 0.2) is 24.3 Å². The lowest BCUT2D eigenvalue weighted by Crippen LogP contribution is -2.58. The molecule has 1 rings (SSSR count). The summed E-state index contributed by atoms with van der Waals surface area (Å²) in [6.45, 7) is 3.39. The Hall–Kier alpha value is -4.20. The van der Waals surface area contributed by atoms with E-state index in [0.717, 1.165) is 0 Å². The fraction of sp³-hybridized carbons (Fsp3) is 0.520. The molecule has 0 bridgehead atoms. The third-order valence-corrected chi connectivity index (χ3v) is 6.07. The van der Waals surface area contributed by atoms with Crippen molar-refractivity contribution in [3.63, 3.8) is 0 Å². The number of hydrogen-bond donors (Lipinski definition) is 8. The van der Waals surface area contributed by atoms with Crippen LogP contribution >= 0.6 is 0 Å². The lowest BCUT2D eigenvalue weighted by Gasteiger charge is -2.26. The molecule has 0 aliphatic rings. The van der Waals surface area contributed by atoms with Gasteiger partial charge in [0.2, 0.25) is 17.7 Å². The van der Waals surface area contributed by atoms with Crippen molar-refractivity contribution in [2.75, 3.05) is 0 Å². The Kier molecular flexibility index (Phi) is 13.4. The predicted octanol–water partition coefficient (Wildman–Crippen LogP) is -0.423. The summed E-state index contributed by atoms with van der Waals surface area (Å²) in [6, 6.07) is 0.398. The zero-order chi connectivity index (χ0) is 29.7. The molecule has 0 spiro atoms. The van der Waals surface area contributed by atoms with E-state index in [0.29, 0.717) is 12.0 Å². The lowest BCUT2D eigenvalue weighted by atomic mass is 9.98. The standard InChI is InChI=1S/C25H36N4O10/c1-3-13(2)21(25(38)39)29-24(37)18(12-14-4-6-15(30)7-5-14)28-23(36)17(9-11-20(33)34)27-22(35)16(26)8-10-19(31)32/h4-7,13,16-18,21,30H,3,8-12,26H2,1-2H3,(H,27,35)(H,28,36)(H,29,37)(H,31,32)(H,33,34)(H,38,39). The maximum absolute atomic E-state index is 13.2. The Morgan fingerprint density at radius 3 is 1.82 bits per heavy atom. The Morgan fingerprint density at radius 2 is 1.31 bits per heavy atom. The van der Waals surface area contributed by atoms with Crippen LogP contribution in [-0.4, -0.2) is 80.2 Å². The van der Waals surface area contributed by atoms with Crippen LogP contribution in [0.25, 0.3) is 0 Å². The number of aromatic hydroxyl groups is 1. The number of aliphatic carboxylic acids is 3. The first-order valence-electron chi connectivity index (χ1n) is 12.4. The van der Waals surface area contributed by atoms with Gasteiger partial charge in [-0.1, -0.05) is 32.4 Å². The molecule has 3 amide bonds. The van der Waals surface area contributed by atoms with Gasteiger partial charge in [0, 0.05) is 19.3 Å². The molecule has 5 atom stereocenters. The SMILES string of the molecule is CCC(C)C(NC(=O)C(Cc1ccc(O)cc1)NC(=O)C(CCC(=O)O)NC(=O)C(N)CCC(=O)O)C(=O)O. The molecular formula is C25H36N4O10. The summed E-state index contributed by atoms with van der Waals surface area (Å²) in [7, 11) is 0. The minimum absolute atomic E-state index is 0.0396. The molecule has 0 fully saturated rings. The van der Waals surface area contributed by atoms with Gasteiger partial charge in [0.25, 0.3) is 0 Å². The average molecular weight is 553 g/mol. The topological polar surface area (TPSA) is 245 Å². The Labute approximate surface area is 225 Å². The van der Waals surface area contributed by atoms with E-state index < -0.39 is 78.6 Å². The van der Waals surface area contributed by atoms with E-state index in [4.69, 9.17) is 15.9 Å². The Morgan fingerprint density at radius 1 is 0.795 bits per heavy atom. The number of carbonyl (C=O) groups excluding carboxylic acids is 3. The number of nitrogens with one attached hydrogen (secondary N) is 3. The first-order valence-corrected chi connectivity index (χ1v) is 12.4. The molecule has 0 saturated carbocycles. The van der Waals surface area contributed by atoms with Crippen molar-refractivity contribution >= 4 is 35.6 Å². The number of phenolic OH excluding ortho intramolecular Hbond substituents is 1. The minimum atomic E-state index is -1.44. The number of phenols is 1. The highest BCUT2D eigenvalue weighted by Gasteiger charge is 2.32. The van der Waals surface area contributed by atoms with Gasteiger partial charge in [-0.3, -0.25) is 24.0 Å². The van der Waals surface area contributed by atoms with E-state index in [1.54, 1.807) is 13.8 Å². The molecule has 9 N–H and O–H groups in total. The number of rotatable bonds is 17. The van der Waals surface area contributed by atoms with Gasteiger partial charge < -0.3 is 42.1 Å². The van der Waals surface area contributed by atoms with E-state index >= 15 is 0 Å². The van der Waals surface area contributed by atoms with Crippen LogP contribution in [0.5, 0.6) is 5.75 Å². The van der Waals surface area contributed by atoms with E-state index in [1.807, 2.05) is 0 Å². The van der Waals surface area contributed by atoms with E-state index in [1.165, 1.54) is 24.3 Å². The van der Waals surface area contributed by atoms with Crippen molar-refractivity contribution in [2.45, 2.75) is 76.5 Å². The molecule has 1 aromatic carbocycles. The molecule has 0 saturated heterocycles. The monoisotopic (exact) mass is 552 g/mol. The maximum atomic E-state index is 13.2. The molecule has 1 aromatic rings. The third-order valence-electron chi connectivity index (χ3n) is 6.07. The van der Waals surface area contributed by atoms with Gasteiger partial charge in [-0.2, -0.15) is 0 Å². The molecule has 0 aliphatic heterocycles. The van der Waals surface area contributed by atoms with Crippen molar-refractivity contribution in [2.24, 2.45) is 11.7 Å². The summed E-state index contributed by atoms with van der Waals surface area (Å²) < 4.78 is 0. The molecule has 39 heavy (non-hydrogen) atoms. The third kappa shape index (κ3) is 11.8. The summed E-state index contributed by atoms with van der Waals surface area (Å²) in [4.78, 5) is 72.4. The molecule has 0 radical (unpaired) electrons. The smallest absolute Gasteiger partial charge is 0.326 e. The normalized spacial score (nSPS) is 14.6. The molecule has 216 valence electrons. The summed E-state index contributed by atoms with van der Waals surface area (Å²) in [6.07, 6.45) is -1.20. The molecule has 14 heteroatoms. The van der Waals surface area contributed by atoms with Crippen LogP contribution in [0, 0.1) is 5.92 Å². The first-order chi connectivity index (χ1) is 18.2. The van der Waals surface area contributed by atoms with Crippen LogP contribution in [0.1, 0.15) is 51.5 Å². The number of carbonyl (C=O) groups is 6. The van der Waals surface area contributed by atoms with Crippen LogP contribution in [0.2, 0.25) is 0 Å². The largest absolute Gasteiger partial charge is 0.508 e. The summed E-state index contributed by atoms with van der Waals surface area (Å²) >= 11 is 0. The van der Waals surface area contributed by atoms with Gasteiger partial charge in [-0.05, 0) is 36.5 Å². The van der Waals surface area contributed by atoms with Gasteiger partial charge in [0.05, 0.1) is 6.04 Å². The van der Waals surface area contributed by atoms with Gasteiger partial charge >= 0.3 is 17.9 Å². The summed E-state index contributed by atoms with van der Waals surface area (Å²) in [5.41, 5.74) is 6.20. The van der Waals surface area contributed by atoms with Gasteiger partial charge in [-0.15, -0.1) is 0 Å². The quantitative estimate of drug-likeness (QED) is 0.123. The van der Waals surface area contributed by atoms with Crippen molar-refractivity contribution in [3.05, 3.63) is 29.8 Å². The second kappa shape index (κ2) is 15.9. The number of carboxylic acids is 3. The van der Waals surface area contributed by atoms with Crippen molar-refractivity contribution in [1.29, 1.82) is 0 Å². The Balaban J connectivity index is 3.19. The van der Waals surface area contributed by atoms with Crippen LogP contribution in [0.3, 0.4) is 0 Å². The maximum Gasteiger partial charge on any atom is 0.326 e. The number of hydrogen-bond acceptors (Lipinski definition) is 8. The molecule has 0 aliphatic carbocycles. The fourth-order valence-corrected chi connectivity index (χ4v) is 3.51. The average Bonchev–Trinajstić information content (AvgIpc) is 2.87. The van der Waals surface area contributed by atoms with Crippen molar-refractivity contribution < 1.29 is 49.2 Å². The predicted molar refractivity (Wildman–Crippen MR) is 136 cm³/mol. The van der Waals surface area contributed by atoms with Crippen LogP contribution < -0.4 is 21.7 Å². The van der Waals surface area contributed by atoms with Crippen LogP contribution in [-0.2, 0) is 35.2 Å². The summed E-state index contributed by atoms with van der Waals surface area (Å²) in [5, 5.41) is 44.1. The first kappa shape index (κ1) is 32.8. The van der Waals surface area contributed by atoms with Gasteiger partial charge in [-0.25, -0.2) is 4.79 Å². The van der Waals surface area contributed by atoms with E-state index in [2.05, 4.69) is 16.0 Å². The van der Waals surface area contributed by atoms with Crippen LogP contribution in [0.4, 0.5) is 0 Å². The van der Waals surface area contributed by atoms with E-state index in [-0.39, 0.29) is 25.0 Å². The van der Waals surface area contributed by atoms with Crippen molar-refractivity contribution in [1.82, 2.24) is 16.0 Å². The number of nitrogens with two attached hydrogens (primary N) is 1. The molecule has 0 aromatic heterocycles. The number of amides is 3. The second-order valence-corrected chi connectivity index (χ2v) is 9.17. The fourth-order valence-electron chi connectivity index (χ4n) is 3.51. The molecule has 5 unspecified atom stereocenters. The van der Waals surface area contributed by atoms with Crippen molar-refractivity contribution in [3.8, 4) is 5.75 Å².